The first-order chi connectivity index (χ1) is 11.1. The second-order valence-corrected chi connectivity index (χ2v) is 6.96. The van der Waals surface area contributed by atoms with Crippen molar-refractivity contribution in [1.29, 1.82) is 0 Å². The monoisotopic (exact) mass is 348 g/mol. The summed E-state index contributed by atoms with van der Waals surface area (Å²) >= 11 is 3.22. The Morgan fingerprint density at radius 1 is 1.22 bits per heavy atom. The van der Waals surface area contributed by atoms with E-state index >= 15 is 0 Å². The Morgan fingerprint density at radius 2 is 2.00 bits per heavy atom. The first-order valence-corrected chi connectivity index (χ1v) is 9.40. The number of hydrogen-bond acceptors (Lipinski definition) is 4. The van der Waals surface area contributed by atoms with Crippen LogP contribution in [-0.4, -0.2) is 36.6 Å². The van der Waals surface area contributed by atoms with Gasteiger partial charge >= 0.3 is 0 Å². The molecule has 2 aromatic rings. The van der Waals surface area contributed by atoms with E-state index in [2.05, 4.69) is 5.32 Å². The van der Waals surface area contributed by atoms with Crippen molar-refractivity contribution in [1.82, 2.24) is 4.90 Å². The number of anilines is 1. The Morgan fingerprint density at radius 3 is 2.70 bits per heavy atom. The number of thioether (sulfide) groups is 1. The Balaban J connectivity index is 1.82. The van der Waals surface area contributed by atoms with Crippen LogP contribution in [0.3, 0.4) is 0 Å². The number of likely N-dealkylation sites (N-methyl/N-ethyl adjacent to an activating group) is 1. The number of nitrogens with zero attached hydrogens (tertiary/aromatic N) is 1. The van der Waals surface area contributed by atoms with E-state index in [-0.39, 0.29) is 18.4 Å². The lowest BCUT2D eigenvalue weighted by molar-refractivity contribution is -0.133. The van der Waals surface area contributed by atoms with Crippen LogP contribution in [0, 0.1) is 0 Å². The Hall–Kier alpha value is -1.79. The van der Waals surface area contributed by atoms with E-state index in [1.165, 1.54) is 9.78 Å². The largest absolute Gasteiger partial charge is 0.336 e. The lowest BCUT2D eigenvalue weighted by Gasteiger charge is -2.17. The highest BCUT2D eigenvalue weighted by molar-refractivity contribution is 7.98. The van der Waals surface area contributed by atoms with Crippen LogP contribution in [0.25, 0.3) is 0 Å². The first-order valence-electron chi connectivity index (χ1n) is 7.29. The highest BCUT2D eigenvalue weighted by Gasteiger charge is 2.14. The molecule has 0 aliphatic carbocycles. The minimum Gasteiger partial charge on any atom is -0.336 e. The molecule has 23 heavy (non-hydrogen) atoms. The summed E-state index contributed by atoms with van der Waals surface area (Å²) in [4.78, 5) is 27.9. The molecule has 1 aromatic carbocycles. The third-order valence-corrected chi connectivity index (χ3v) is 5.08. The molecule has 4 nitrogen and oxygen atoms in total. The summed E-state index contributed by atoms with van der Waals surface area (Å²) < 4.78 is 0. The van der Waals surface area contributed by atoms with E-state index in [9.17, 15) is 9.59 Å². The van der Waals surface area contributed by atoms with Crippen LogP contribution in [0.4, 0.5) is 5.69 Å². The second kappa shape index (κ2) is 8.74. The number of carbonyl (C=O) groups is 2. The lowest BCUT2D eigenvalue weighted by Crippen LogP contribution is -2.35. The first kappa shape index (κ1) is 17.6. The Bertz CT molecular complexity index is 656. The predicted octanol–water partition coefficient (Wildman–Crippen LogP) is 3.50. The quantitative estimate of drug-likeness (QED) is 0.779. The van der Waals surface area contributed by atoms with E-state index in [4.69, 9.17) is 0 Å². The molecular weight excluding hydrogens is 328 g/mol. The second-order valence-electron chi connectivity index (χ2n) is 5.08. The van der Waals surface area contributed by atoms with Crippen LogP contribution < -0.4 is 5.32 Å². The summed E-state index contributed by atoms with van der Waals surface area (Å²) in [7, 11) is 1.66. The van der Waals surface area contributed by atoms with Crippen molar-refractivity contribution in [3.63, 3.8) is 0 Å². The summed E-state index contributed by atoms with van der Waals surface area (Å²) in [6.07, 6.45) is 3.11. The van der Waals surface area contributed by atoms with Gasteiger partial charge in [-0.05, 0) is 36.3 Å². The molecule has 0 radical (unpaired) electrons. The van der Waals surface area contributed by atoms with Crippen LogP contribution in [-0.2, 0) is 16.0 Å². The van der Waals surface area contributed by atoms with Crippen molar-refractivity contribution in [3.05, 3.63) is 46.7 Å². The number of para-hydroxylation sites is 1. The molecule has 1 aromatic heterocycles. The maximum atomic E-state index is 12.1. The zero-order chi connectivity index (χ0) is 16.7. The summed E-state index contributed by atoms with van der Waals surface area (Å²) in [5.74, 6) is -0.204. The molecule has 2 amide bonds. The van der Waals surface area contributed by atoms with Gasteiger partial charge in [0.1, 0.15) is 0 Å². The molecule has 0 saturated carbocycles. The fourth-order valence-electron chi connectivity index (χ4n) is 2.12. The normalized spacial score (nSPS) is 10.3. The van der Waals surface area contributed by atoms with Crippen molar-refractivity contribution < 1.29 is 9.59 Å². The van der Waals surface area contributed by atoms with E-state index in [1.807, 2.05) is 48.0 Å². The number of aryl methyl sites for hydroxylation is 1. The van der Waals surface area contributed by atoms with Gasteiger partial charge < -0.3 is 10.2 Å². The molecule has 0 spiro atoms. The standard InChI is InChI=1S/C17H20N2O2S2/c1-19(17(21)10-9-13-6-5-11-23-13)12-16(20)18-14-7-3-4-8-15(14)22-2/h3-8,11H,9-10,12H2,1-2H3,(H,18,20). The van der Waals surface area contributed by atoms with Gasteiger partial charge in [0, 0.05) is 23.2 Å². The van der Waals surface area contributed by atoms with Crippen LogP contribution in [0.5, 0.6) is 0 Å². The summed E-state index contributed by atoms with van der Waals surface area (Å²) in [6.45, 7) is 0.0615. The highest BCUT2D eigenvalue weighted by atomic mass is 32.2. The molecule has 0 fully saturated rings. The number of carbonyl (C=O) groups excluding carboxylic acids is 2. The number of nitrogens with one attached hydrogen (secondary N) is 1. The van der Waals surface area contributed by atoms with Gasteiger partial charge in [0.2, 0.25) is 11.8 Å². The summed E-state index contributed by atoms with van der Waals surface area (Å²) in [6, 6.07) is 11.6. The Kier molecular flexibility index (Phi) is 6.67. The molecular formula is C17H20N2O2S2. The molecule has 0 aliphatic rings. The molecule has 1 heterocycles. The van der Waals surface area contributed by atoms with E-state index in [1.54, 1.807) is 30.1 Å². The molecule has 6 heteroatoms. The average molecular weight is 348 g/mol. The fraction of sp³-hybridized carbons (Fsp3) is 0.294. The SMILES string of the molecule is CSc1ccccc1NC(=O)CN(C)C(=O)CCc1cccs1. The van der Waals surface area contributed by atoms with Crippen molar-refractivity contribution in [2.24, 2.45) is 0 Å². The van der Waals surface area contributed by atoms with E-state index in [0.717, 1.165) is 17.0 Å². The van der Waals surface area contributed by atoms with Gasteiger partial charge in [-0.3, -0.25) is 9.59 Å². The third kappa shape index (κ3) is 5.41. The molecule has 0 saturated heterocycles. The molecule has 0 aliphatic heterocycles. The number of hydrogen-bond donors (Lipinski definition) is 1. The number of benzene rings is 1. The smallest absolute Gasteiger partial charge is 0.244 e. The van der Waals surface area contributed by atoms with Crippen LogP contribution in [0.2, 0.25) is 0 Å². The molecule has 0 atom stereocenters. The van der Waals surface area contributed by atoms with Crippen molar-refractivity contribution in [2.45, 2.75) is 17.7 Å². The summed E-state index contributed by atoms with van der Waals surface area (Å²) in [5, 5.41) is 4.87. The van der Waals surface area contributed by atoms with Gasteiger partial charge in [0.15, 0.2) is 0 Å². The van der Waals surface area contributed by atoms with Gasteiger partial charge in [-0.2, -0.15) is 0 Å². The predicted molar refractivity (Wildman–Crippen MR) is 97.1 cm³/mol. The van der Waals surface area contributed by atoms with E-state index in [0.29, 0.717) is 6.42 Å². The zero-order valence-electron chi connectivity index (χ0n) is 13.2. The highest BCUT2D eigenvalue weighted by Crippen LogP contribution is 2.24. The topological polar surface area (TPSA) is 49.4 Å². The van der Waals surface area contributed by atoms with Crippen molar-refractivity contribution >= 4 is 40.6 Å². The zero-order valence-corrected chi connectivity index (χ0v) is 14.9. The van der Waals surface area contributed by atoms with Crippen LogP contribution >= 0.6 is 23.1 Å². The van der Waals surface area contributed by atoms with Gasteiger partial charge in [-0.15, -0.1) is 23.1 Å². The van der Waals surface area contributed by atoms with Crippen LogP contribution in [0.15, 0.2) is 46.7 Å². The Labute approximate surface area is 144 Å². The number of rotatable bonds is 7. The van der Waals surface area contributed by atoms with Gasteiger partial charge in [0.25, 0.3) is 0 Å². The minimum atomic E-state index is -0.182. The number of thiophene rings is 1. The van der Waals surface area contributed by atoms with Crippen molar-refractivity contribution in [2.75, 3.05) is 25.2 Å². The maximum Gasteiger partial charge on any atom is 0.244 e. The van der Waals surface area contributed by atoms with Crippen LogP contribution in [0.1, 0.15) is 11.3 Å². The number of amides is 2. The summed E-state index contributed by atoms with van der Waals surface area (Å²) in [5.41, 5.74) is 0.782. The molecule has 1 N–H and O–H groups in total. The van der Waals surface area contributed by atoms with Gasteiger partial charge in [-0.1, -0.05) is 18.2 Å². The van der Waals surface area contributed by atoms with Crippen molar-refractivity contribution in [3.8, 4) is 0 Å². The van der Waals surface area contributed by atoms with Gasteiger partial charge in [-0.25, -0.2) is 0 Å². The third-order valence-electron chi connectivity index (χ3n) is 3.35. The average Bonchev–Trinajstić information content (AvgIpc) is 3.06. The molecule has 122 valence electrons. The minimum absolute atomic E-state index is 0.0216. The molecule has 2 rings (SSSR count). The van der Waals surface area contributed by atoms with Gasteiger partial charge in [0.05, 0.1) is 12.2 Å². The lowest BCUT2D eigenvalue weighted by atomic mass is 10.2. The van der Waals surface area contributed by atoms with E-state index < -0.39 is 0 Å². The fourth-order valence-corrected chi connectivity index (χ4v) is 3.38. The maximum absolute atomic E-state index is 12.1. The molecule has 0 unspecified atom stereocenters. The molecule has 0 bridgehead atoms.